The highest BCUT2D eigenvalue weighted by molar-refractivity contribution is 6.30. The van der Waals surface area contributed by atoms with Crippen molar-refractivity contribution >= 4 is 23.0 Å². The molecule has 0 heterocycles. The fraction of sp³-hybridized carbons (Fsp3) is 0.0714. The van der Waals surface area contributed by atoms with Crippen LogP contribution in [0.4, 0.5) is 5.69 Å². The molecule has 2 rings (SSSR count). The molecule has 0 aliphatic carbocycles. The Morgan fingerprint density at radius 3 is 2.44 bits per heavy atom. The lowest BCUT2D eigenvalue weighted by Gasteiger charge is -2.05. The smallest absolute Gasteiger partial charge is 0.124 e. The summed E-state index contributed by atoms with van der Waals surface area (Å²) in [7, 11) is 0. The van der Waals surface area contributed by atoms with E-state index in [4.69, 9.17) is 11.6 Å². The molecule has 0 atom stereocenters. The van der Waals surface area contributed by atoms with E-state index < -0.39 is 0 Å². The maximum absolute atomic E-state index is 9.69. The third kappa shape index (κ3) is 3.02. The SMILES string of the molecule is CC(=NNc1ccc(Cl)cc1)c1ccccc1O. The van der Waals surface area contributed by atoms with Gasteiger partial charge in [0.05, 0.1) is 11.4 Å². The zero-order valence-corrected chi connectivity index (χ0v) is 10.6. The van der Waals surface area contributed by atoms with Crippen LogP contribution in [0.5, 0.6) is 5.75 Å². The topological polar surface area (TPSA) is 44.6 Å². The highest BCUT2D eigenvalue weighted by Gasteiger charge is 2.02. The molecule has 0 aromatic heterocycles. The molecule has 2 N–H and O–H groups in total. The van der Waals surface area contributed by atoms with Crippen molar-refractivity contribution < 1.29 is 5.11 Å². The lowest BCUT2D eigenvalue weighted by Crippen LogP contribution is -1.99. The van der Waals surface area contributed by atoms with Gasteiger partial charge in [-0.3, -0.25) is 5.43 Å². The summed E-state index contributed by atoms with van der Waals surface area (Å²) < 4.78 is 0. The number of para-hydroxylation sites is 1. The van der Waals surface area contributed by atoms with Crippen LogP contribution >= 0.6 is 11.6 Å². The van der Waals surface area contributed by atoms with Crippen molar-refractivity contribution in [2.45, 2.75) is 6.92 Å². The Kier molecular flexibility index (Phi) is 3.85. The molecule has 0 fully saturated rings. The number of benzene rings is 2. The summed E-state index contributed by atoms with van der Waals surface area (Å²) in [5.41, 5.74) is 5.18. The highest BCUT2D eigenvalue weighted by Crippen LogP contribution is 2.17. The standard InChI is InChI=1S/C14H13ClN2O/c1-10(13-4-2-3-5-14(13)18)16-17-12-8-6-11(15)7-9-12/h2-9,17-18H,1H3. The average molecular weight is 261 g/mol. The van der Waals surface area contributed by atoms with Gasteiger partial charge in [-0.1, -0.05) is 23.7 Å². The van der Waals surface area contributed by atoms with Gasteiger partial charge >= 0.3 is 0 Å². The monoisotopic (exact) mass is 260 g/mol. The number of phenolic OH excluding ortho intramolecular Hbond substituents is 1. The number of hydrazone groups is 1. The van der Waals surface area contributed by atoms with E-state index in [9.17, 15) is 5.11 Å². The summed E-state index contributed by atoms with van der Waals surface area (Å²) >= 11 is 5.79. The van der Waals surface area contributed by atoms with Gasteiger partial charge in [-0.2, -0.15) is 5.10 Å². The van der Waals surface area contributed by atoms with Gasteiger partial charge in [0.2, 0.25) is 0 Å². The van der Waals surface area contributed by atoms with E-state index in [1.54, 1.807) is 24.3 Å². The molecule has 0 aliphatic heterocycles. The second-order valence-corrected chi connectivity index (χ2v) is 4.27. The average Bonchev–Trinajstić information content (AvgIpc) is 2.38. The molecule has 4 heteroatoms. The Labute approximate surface area is 111 Å². The predicted molar refractivity (Wildman–Crippen MR) is 75.4 cm³/mol. The van der Waals surface area contributed by atoms with Crippen LogP contribution in [0.2, 0.25) is 5.02 Å². The zero-order valence-electron chi connectivity index (χ0n) is 9.89. The molecule has 2 aromatic rings. The minimum absolute atomic E-state index is 0.219. The minimum atomic E-state index is 0.219. The van der Waals surface area contributed by atoms with Crippen molar-refractivity contribution in [3.8, 4) is 5.75 Å². The molecular weight excluding hydrogens is 248 g/mol. The number of hydrogen-bond acceptors (Lipinski definition) is 3. The third-order valence-electron chi connectivity index (χ3n) is 2.49. The molecule has 18 heavy (non-hydrogen) atoms. The molecule has 92 valence electrons. The zero-order chi connectivity index (χ0) is 13.0. The van der Waals surface area contributed by atoms with Gasteiger partial charge < -0.3 is 5.11 Å². The summed E-state index contributed by atoms with van der Waals surface area (Å²) in [4.78, 5) is 0. The van der Waals surface area contributed by atoms with Crippen molar-refractivity contribution in [2.24, 2.45) is 5.10 Å². The van der Waals surface area contributed by atoms with Crippen molar-refractivity contribution in [3.05, 3.63) is 59.1 Å². The Bertz CT molecular complexity index is 564. The van der Waals surface area contributed by atoms with E-state index in [-0.39, 0.29) is 5.75 Å². The molecule has 0 saturated carbocycles. The highest BCUT2D eigenvalue weighted by atomic mass is 35.5. The number of halogens is 1. The minimum Gasteiger partial charge on any atom is -0.507 e. The third-order valence-corrected chi connectivity index (χ3v) is 2.74. The van der Waals surface area contributed by atoms with Crippen LogP contribution in [-0.2, 0) is 0 Å². The van der Waals surface area contributed by atoms with Gasteiger partial charge in [0.25, 0.3) is 0 Å². The van der Waals surface area contributed by atoms with Crippen LogP contribution in [0.3, 0.4) is 0 Å². The van der Waals surface area contributed by atoms with Crippen LogP contribution < -0.4 is 5.43 Å². The van der Waals surface area contributed by atoms with Gasteiger partial charge in [0, 0.05) is 10.6 Å². The number of nitrogens with one attached hydrogen (secondary N) is 1. The van der Waals surface area contributed by atoms with Crippen LogP contribution in [0.25, 0.3) is 0 Å². The first kappa shape index (κ1) is 12.5. The van der Waals surface area contributed by atoms with Crippen molar-refractivity contribution in [1.29, 1.82) is 0 Å². The number of aromatic hydroxyl groups is 1. The molecule has 2 aromatic carbocycles. The number of hydrogen-bond donors (Lipinski definition) is 2. The van der Waals surface area contributed by atoms with Gasteiger partial charge in [0.15, 0.2) is 0 Å². The van der Waals surface area contributed by atoms with E-state index in [1.165, 1.54) is 0 Å². The molecule has 0 radical (unpaired) electrons. The first-order valence-corrected chi connectivity index (χ1v) is 5.89. The van der Waals surface area contributed by atoms with E-state index in [2.05, 4.69) is 10.5 Å². The first-order valence-electron chi connectivity index (χ1n) is 5.51. The lowest BCUT2D eigenvalue weighted by atomic mass is 10.1. The number of rotatable bonds is 3. The van der Waals surface area contributed by atoms with Crippen LogP contribution in [0.1, 0.15) is 12.5 Å². The molecule has 0 aliphatic rings. The maximum Gasteiger partial charge on any atom is 0.124 e. The van der Waals surface area contributed by atoms with E-state index >= 15 is 0 Å². The Morgan fingerprint density at radius 1 is 1.11 bits per heavy atom. The Balaban J connectivity index is 2.14. The Morgan fingerprint density at radius 2 is 1.78 bits per heavy atom. The molecule has 0 spiro atoms. The molecule has 0 saturated heterocycles. The van der Waals surface area contributed by atoms with Crippen LogP contribution in [0, 0.1) is 0 Å². The summed E-state index contributed by atoms with van der Waals surface area (Å²) in [6, 6.07) is 14.3. The normalized spacial score (nSPS) is 11.3. The van der Waals surface area contributed by atoms with Crippen LogP contribution in [0.15, 0.2) is 53.6 Å². The fourth-order valence-corrected chi connectivity index (χ4v) is 1.64. The summed E-state index contributed by atoms with van der Waals surface area (Å²) in [6.07, 6.45) is 0. The second kappa shape index (κ2) is 5.56. The van der Waals surface area contributed by atoms with E-state index in [0.717, 1.165) is 5.69 Å². The van der Waals surface area contributed by atoms with Crippen molar-refractivity contribution in [1.82, 2.24) is 0 Å². The van der Waals surface area contributed by atoms with Gasteiger partial charge in [0.1, 0.15) is 5.75 Å². The summed E-state index contributed by atoms with van der Waals surface area (Å²) in [5, 5.41) is 14.6. The lowest BCUT2D eigenvalue weighted by molar-refractivity contribution is 0.474. The fourth-order valence-electron chi connectivity index (χ4n) is 1.51. The molecule has 0 amide bonds. The van der Waals surface area contributed by atoms with Crippen molar-refractivity contribution in [2.75, 3.05) is 5.43 Å². The number of anilines is 1. The number of phenols is 1. The maximum atomic E-state index is 9.69. The van der Waals surface area contributed by atoms with Crippen molar-refractivity contribution in [3.63, 3.8) is 0 Å². The van der Waals surface area contributed by atoms with Gasteiger partial charge in [-0.25, -0.2) is 0 Å². The predicted octanol–water partition coefficient (Wildman–Crippen LogP) is 3.88. The quantitative estimate of drug-likeness (QED) is 0.650. The van der Waals surface area contributed by atoms with E-state index in [1.807, 2.05) is 31.2 Å². The molecular formula is C14H13ClN2O. The Hall–Kier alpha value is -2.00. The molecule has 0 bridgehead atoms. The van der Waals surface area contributed by atoms with Crippen LogP contribution in [-0.4, -0.2) is 10.8 Å². The second-order valence-electron chi connectivity index (χ2n) is 3.83. The van der Waals surface area contributed by atoms with Gasteiger partial charge in [-0.15, -0.1) is 0 Å². The first-order chi connectivity index (χ1) is 8.66. The summed E-state index contributed by atoms with van der Waals surface area (Å²) in [6.45, 7) is 1.83. The number of nitrogens with zero attached hydrogens (tertiary/aromatic N) is 1. The van der Waals surface area contributed by atoms with Gasteiger partial charge in [-0.05, 0) is 43.3 Å². The molecule has 0 unspecified atom stereocenters. The largest absolute Gasteiger partial charge is 0.507 e. The summed E-state index contributed by atoms with van der Waals surface area (Å²) in [5.74, 6) is 0.219. The van der Waals surface area contributed by atoms with E-state index in [0.29, 0.717) is 16.3 Å². The molecule has 3 nitrogen and oxygen atoms in total.